The van der Waals surface area contributed by atoms with E-state index in [9.17, 15) is 4.79 Å². The Labute approximate surface area is 126 Å². The predicted molar refractivity (Wildman–Crippen MR) is 82.0 cm³/mol. The molecule has 1 heterocycles. The van der Waals surface area contributed by atoms with E-state index in [1.807, 2.05) is 4.90 Å². The summed E-state index contributed by atoms with van der Waals surface area (Å²) in [4.78, 5) is 14.2. The zero-order valence-corrected chi connectivity index (χ0v) is 12.6. The van der Waals surface area contributed by atoms with E-state index in [1.54, 1.807) is 7.11 Å². The molecule has 0 spiro atoms. The Morgan fingerprint density at radius 1 is 1.29 bits per heavy atom. The smallest absolute Gasteiger partial charge is 0.223 e. The molecular weight excluding hydrogens is 264 g/mol. The van der Waals surface area contributed by atoms with E-state index in [-0.39, 0.29) is 18.0 Å². The largest absolute Gasteiger partial charge is 0.383 e. The number of likely N-dealkylation sites (tertiary alicyclic amines) is 1. The third kappa shape index (κ3) is 3.11. The van der Waals surface area contributed by atoms with E-state index in [4.69, 9.17) is 10.5 Å². The minimum atomic E-state index is -0.0138. The summed E-state index contributed by atoms with van der Waals surface area (Å²) in [7, 11) is 1.66. The second kappa shape index (κ2) is 6.16. The Bertz CT molecular complexity index is 513. The summed E-state index contributed by atoms with van der Waals surface area (Å²) in [5.74, 6) is 0.906. The number of carbonyl (C=O) groups excluding carboxylic acids is 1. The lowest BCUT2D eigenvalue weighted by molar-refractivity contribution is -0.138. The number of rotatable bonds is 5. The summed E-state index contributed by atoms with van der Waals surface area (Å²) < 4.78 is 5.15. The van der Waals surface area contributed by atoms with E-state index in [0.29, 0.717) is 25.5 Å². The van der Waals surface area contributed by atoms with Gasteiger partial charge in [0.25, 0.3) is 0 Å². The molecule has 2 unspecified atom stereocenters. The van der Waals surface area contributed by atoms with Gasteiger partial charge in [0.1, 0.15) is 0 Å². The zero-order valence-electron chi connectivity index (χ0n) is 12.6. The number of hydrogen-bond donors (Lipinski definition) is 1. The van der Waals surface area contributed by atoms with Crippen molar-refractivity contribution in [1.82, 2.24) is 4.90 Å². The second-order valence-electron chi connectivity index (χ2n) is 6.17. The van der Waals surface area contributed by atoms with Crippen LogP contribution in [0.15, 0.2) is 24.3 Å². The molecule has 0 aromatic heterocycles. The highest BCUT2D eigenvalue weighted by molar-refractivity contribution is 5.78. The van der Waals surface area contributed by atoms with Gasteiger partial charge in [0.05, 0.1) is 12.6 Å². The molecule has 2 N–H and O–H groups in total. The highest BCUT2D eigenvalue weighted by atomic mass is 16.5. The molecule has 2 fully saturated rings. The number of methoxy groups -OCH3 is 1. The molecule has 21 heavy (non-hydrogen) atoms. The Morgan fingerprint density at radius 3 is 2.76 bits per heavy atom. The van der Waals surface area contributed by atoms with Crippen molar-refractivity contribution < 1.29 is 9.53 Å². The number of ether oxygens (including phenoxy) is 1. The number of hydrogen-bond acceptors (Lipinski definition) is 3. The van der Waals surface area contributed by atoms with Gasteiger partial charge in [-0.1, -0.05) is 24.3 Å². The Morgan fingerprint density at radius 2 is 2.05 bits per heavy atom. The van der Waals surface area contributed by atoms with Crippen LogP contribution in [0.1, 0.15) is 48.8 Å². The van der Waals surface area contributed by atoms with Gasteiger partial charge in [0.2, 0.25) is 5.91 Å². The van der Waals surface area contributed by atoms with Gasteiger partial charge < -0.3 is 15.4 Å². The topological polar surface area (TPSA) is 55.6 Å². The third-order valence-corrected chi connectivity index (χ3v) is 4.59. The monoisotopic (exact) mass is 288 g/mol. The Balaban J connectivity index is 1.87. The molecule has 0 bridgehead atoms. The molecule has 0 radical (unpaired) electrons. The highest BCUT2D eigenvalue weighted by Gasteiger charge is 2.35. The van der Waals surface area contributed by atoms with Gasteiger partial charge in [0, 0.05) is 26.1 Å². The molecule has 2 atom stereocenters. The van der Waals surface area contributed by atoms with Crippen LogP contribution in [0.4, 0.5) is 0 Å². The van der Waals surface area contributed by atoms with Crippen molar-refractivity contribution in [3.8, 4) is 0 Å². The lowest BCUT2D eigenvalue weighted by Gasteiger charge is -2.40. The van der Waals surface area contributed by atoms with Gasteiger partial charge in [-0.15, -0.1) is 0 Å². The van der Waals surface area contributed by atoms with E-state index < -0.39 is 0 Å². The molecule has 1 aliphatic heterocycles. The number of amides is 1. The Hall–Kier alpha value is -1.39. The number of piperidine rings is 1. The summed E-state index contributed by atoms with van der Waals surface area (Å²) in [5, 5.41) is 0. The maximum absolute atomic E-state index is 12.3. The maximum atomic E-state index is 12.3. The van der Waals surface area contributed by atoms with Crippen LogP contribution in [0.3, 0.4) is 0 Å². The van der Waals surface area contributed by atoms with E-state index in [1.165, 1.54) is 24.0 Å². The van der Waals surface area contributed by atoms with Crippen molar-refractivity contribution in [3.05, 3.63) is 35.4 Å². The molecular formula is C17H24N2O2. The summed E-state index contributed by atoms with van der Waals surface area (Å²) in [6.07, 6.45) is 3.88. The molecule has 1 aromatic rings. The average Bonchev–Trinajstić information content (AvgIpc) is 3.33. The molecule has 4 nitrogen and oxygen atoms in total. The van der Waals surface area contributed by atoms with Crippen LogP contribution >= 0.6 is 0 Å². The van der Waals surface area contributed by atoms with Crippen molar-refractivity contribution in [2.75, 3.05) is 20.3 Å². The zero-order chi connectivity index (χ0) is 14.8. The van der Waals surface area contributed by atoms with Gasteiger partial charge in [0.15, 0.2) is 0 Å². The summed E-state index contributed by atoms with van der Waals surface area (Å²) in [5.41, 5.74) is 8.91. The van der Waals surface area contributed by atoms with E-state index in [0.717, 1.165) is 6.42 Å². The first-order valence-electron chi connectivity index (χ1n) is 7.84. The summed E-state index contributed by atoms with van der Waals surface area (Å²) in [6, 6.07) is 8.64. The first kappa shape index (κ1) is 14.5. The minimum Gasteiger partial charge on any atom is -0.383 e. The van der Waals surface area contributed by atoms with Crippen LogP contribution in [-0.2, 0) is 9.53 Å². The van der Waals surface area contributed by atoms with E-state index >= 15 is 0 Å². The SMILES string of the molecule is COCCN1C(=O)CCC(N)C1c1cccc(C2CC2)c1. The van der Waals surface area contributed by atoms with Gasteiger partial charge in [-0.2, -0.15) is 0 Å². The van der Waals surface area contributed by atoms with Crippen LogP contribution in [0, 0.1) is 0 Å². The van der Waals surface area contributed by atoms with Crippen LogP contribution in [-0.4, -0.2) is 37.1 Å². The first-order valence-corrected chi connectivity index (χ1v) is 7.84. The lowest BCUT2D eigenvalue weighted by Crippen LogP contribution is -2.49. The fraction of sp³-hybridized carbons (Fsp3) is 0.588. The normalized spacial score (nSPS) is 26.2. The van der Waals surface area contributed by atoms with E-state index in [2.05, 4.69) is 24.3 Å². The van der Waals surface area contributed by atoms with Gasteiger partial charge in [-0.25, -0.2) is 0 Å². The van der Waals surface area contributed by atoms with Crippen LogP contribution in [0.25, 0.3) is 0 Å². The number of nitrogens with two attached hydrogens (primary N) is 1. The average molecular weight is 288 g/mol. The van der Waals surface area contributed by atoms with Crippen molar-refractivity contribution >= 4 is 5.91 Å². The Kier molecular flexibility index (Phi) is 4.27. The lowest BCUT2D eigenvalue weighted by atomic mass is 9.89. The highest BCUT2D eigenvalue weighted by Crippen LogP contribution is 2.41. The molecule has 1 saturated heterocycles. The van der Waals surface area contributed by atoms with Crippen molar-refractivity contribution in [2.45, 2.75) is 43.7 Å². The summed E-state index contributed by atoms with van der Waals surface area (Å²) >= 11 is 0. The predicted octanol–water partition coefficient (Wildman–Crippen LogP) is 2.20. The number of nitrogens with zero attached hydrogens (tertiary/aromatic N) is 1. The summed E-state index contributed by atoms with van der Waals surface area (Å²) in [6.45, 7) is 1.17. The quantitative estimate of drug-likeness (QED) is 0.903. The fourth-order valence-electron chi connectivity index (χ4n) is 3.27. The fourth-order valence-corrected chi connectivity index (χ4v) is 3.27. The molecule has 1 saturated carbocycles. The maximum Gasteiger partial charge on any atom is 0.223 e. The minimum absolute atomic E-state index is 0.00834. The standard InChI is InChI=1S/C17H24N2O2/c1-21-10-9-19-16(20)8-7-15(18)17(19)14-4-2-3-13(11-14)12-5-6-12/h2-4,11-12,15,17H,5-10,18H2,1H3. The van der Waals surface area contributed by atoms with Crippen molar-refractivity contribution in [3.63, 3.8) is 0 Å². The van der Waals surface area contributed by atoms with Crippen LogP contribution < -0.4 is 5.73 Å². The van der Waals surface area contributed by atoms with Gasteiger partial charge >= 0.3 is 0 Å². The first-order chi connectivity index (χ1) is 10.2. The van der Waals surface area contributed by atoms with Crippen molar-refractivity contribution in [1.29, 1.82) is 0 Å². The molecule has 1 aliphatic carbocycles. The molecule has 1 aromatic carbocycles. The number of carbonyl (C=O) groups is 1. The van der Waals surface area contributed by atoms with Crippen LogP contribution in [0.5, 0.6) is 0 Å². The molecule has 2 aliphatic rings. The second-order valence-corrected chi connectivity index (χ2v) is 6.17. The molecule has 1 amide bonds. The molecule has 3 rings (SSSR count). The van der Waals surface area contributed by atoms with Gasteiger partial charge in [-0.3, -0.25) is 4.79 Å². The third-order valence-electron chi connectivity index (χ3n) is 4.59. The number of benzene rings is 1. The van der Waals surface area contributed by atoms with Crippen molar-refractivity contribution in [2.24, 2.45) is 5.73 Å². The van der Waals surface area contributed by atoms with Crippen LogP contribution in [0.2, 0.25) is 0 Å². The molecule has 114 valence electrons. The molecule has 4 heteroatoms. The van der Waals surface area contributed by atoms with Gasteiger partial charge in [-0.05, 0) is 36.3 Å².